The molecule has 19 heavy (non-hydrogen) atoms. The highest BCUT2D eigenvalue weighted by Crippen LogP contribution is 2.24. The number of rotatable bonds is 3. The first kappa shape index (κ1) is 14.4. The number of halogens is 1. The minimum absolute atomic E-state index is 0.0441. The average Bonchev–Trinajstić information content (AvgIpc) is 2.36. The molecule has 2 rings (SSSR count). The van der Waals surface area contributed by atoms with Crippen molar-refractivity contribution in [2.75, 3.05) is 19.6 Å². The van der Waals surface area contributed by atoms with Gasteiger partial charge in [0.15, 0.2) is 0 Å². The smallest absolute Gasteiger partial charge is 0.251 e. The summed E-state index contributed by atoms with van der Waals surface area (Å²) >= 11 is 5.98. The van der Waals surface area contributed by atoms with E-state index in [9.17, 15) is 4.79 Å². The minimum atomic E-state index is -0.0441. The molecule has 1 heterocycles. The van der Waals surface area contributed by atoms with E-state index in [1.807, 2.05) is 19.1 Å². The van der Waals surface area contributed by atoms with Gasteiger partial charge in [-0.25, -0.2) is 0 Å². The van der Waals surface area contributed by atoms with E-state index < -0.39 is 0 Å². The van der Waals surface area contributed by atoms with E-state index in [0.29, 0.717) is 17.1 Å². The molecule has 0 saturated carbocycles. The number of aryl methyl sites for hydroxylation is 1. The SMILES string of the molecule is Cc1cc(Cl)cc(C(=O)NCC2(C)CCCNC2)c1. The van der Waals surface area contributed by atoms with Gasteiger partial charge >= 0.3 is 0 Å². The van der Waals surface area contributed by atoms with Crippen molar-refractivity contribution < 1.29 is 4.79 Å². The van der Waals surface area contributed by atoms with E-state index in [1.165, 1.54) is 6.42 Å². The summed E-state index contributed by atoms with van der Waals surface area (Å²) in [6, 6.07) is 5.43. The van der Waals surface area contributed by atoms with Crippen molar-refractivity contribution in [1.29, 1.82) is 0 Å². The molecule has 0 bridgehead atoms. The zero-order valence-corrected chi connectivity index (χ0v) is 12.3. The van der Waals surface area contributed by atoms with Gasteiger partial charge < -0.3 is 10.6 Å². The molecule has 4 heteroatoms. The van der Waals surface area contributed by atoms with Gasteiger partial charge in [-0.15, -0.1) is 0 Å². The summed E-state index contributed by atoms with van der Waals surface area (Å²) in [6.07, 6.45) is 2.32. The second kappa shape index (κ2) is 5.93. The van der Waals surface area contributed by atoms with Crippen LogP contribution in [-0.4, -0.2) is 25.5 Å². The molecule has 2 N–H and O–H groups in total. The molecule has 1 fully saturated rings. The normalized spacial score (nSPS) is 23.1. The maximum absolute atomic E-state index is 12.1. The fourth-order valence-corrected chi connectivity index (χ4v) is 2.82. The first-order valence-electron chi connectivity index (χ1n) is 6.75. The lowest BCUT2D eigenvalue weighted by Gasteiger charge is -2.34. The maximum atomic E-state index is 12.1. The van der Waals surface area contributed by atoms with Gasteiger partial charge in [-0.05, 0) is 55.5 Å². The van der Waals surface area contributed by atoms with Crippen molar-refractivity contribution in [3.05, 3.63) is 34.3 Å². The molecule has 1 saturated heterocycles. The second-order valence-corrected chi connectivity index (χ2v) is 6.23. The van der Waals surface area contributed by atoms with E-state index in [0.717, 1.165) is 25.1 Å². The van der Waals surface area contributed by atoms with Crippen LogP contribution in [0.3, 0.4) is 0 Å². The first-order chi connectivity index (χ1) is 8.98. The van der Waals surface area contributed by atoms with E-state index in [2.05, 4.69) is 17.6 Å². The van der Waals surface area contributed by atoms with Crippen molar-refractivity contribution >= 4 is 17.5 Å². The Labute approximate surface area is 119 Å². The molecule has 0 aromatic heterocycles. The molecule has 104 valence electrons. The number of amides is 1. The van der Waals surface area contributed by atoms with Crippen LogP contribution in [0.25, 0.3) is 0 Å². The van der Waals surface area contributed by atoms with Gasteiger partial charge in [0, 0.05) is 23.7 Å². The van der Waals surface area contributed by atoms with Crippen LogP contribution in [0, 0.1) is 12.3 Å². The van der Waals surface area contributed by atoms with Gasteiger partial charge in [0.25, 0.3) is 5.91 Å². The Hall–Kier alpha value is -1.06. The molecule has 1 aromatic carbocycles. The Morgan fingerprint density at radius 1 is 1.47 bits per heavy atom. The Morgan fingerprint density at radius 2 is 2.26 bits per heavy atom. The van der Waals surface area contributed by atoms with E-state index in [-0.39, 0.29) is 11.3 Å². The number of benzene rings is 1. The minimum Gasteiger partial charge on any atom is -0.351 e. The molecule has 1 atom stereocenters. The van der Waals surface area contributed by atoms with E-state index in [4.69, 9.17) is 11.6 Å². The number of hydrogen-bond donors (Lipinski definition) is 2. The van der Waals surface area contributed by atoms with Crippen LogP contribution in [-0.2, 0) is 0 Å². The Kier molecular flexibility index (Phi) is 4.48. The number of nitrogens with one attached hydrogen (secondary N) is 2. The summed E-state index contributed by atoms with van der Waals surface area (Å²) in [7, 11) is 0. The van der Waals surface area contributed by atoms with Crippen molar-refractivity contribution in [2.24, 2.45) is 5.41 Å². The summed E-state index contributed by atoms with van der Waals surface area (Å²) in [6.45, 7) is 6.89. The van der Waals surface area contributed by atoms with Gasteiger partial charge in [0.1, 0.15) is 0 Å². The first-order valence-corrected chi connectivity index (χ1v) is 7.12. The number of carbonyl (C=O) groups excluding carboxylic acids is 1. The summed E-state index contributed by atoms with van der Waals surface area (Å²) < 4.78 is 0. The second-order valence-electron chi connectivity index (χ2n) is 5.79. The molecular weight excluding hydrogens is 260 g/mol. The molecule has 0 spiro atoms. The molecular formula is C15H21ClN2O. The summed E-state index contributed by atoms with van der Waals surface area (Å²) in [5.74, 6) is -0.0441. The van der Waals surface area contributed by atoms with Gasteiger partial charge in [-0.3, -0.25) is 4.79 Å². The van der Waals surface area contributed by atoms with Gasteiger partial charge in [-0.2, -0.15) is 0 Å². The fourth-order valence-electron chi connectivity index (χ4n) is 2.53. The molecule has 0 radical (unpaired) electrons. The lowest BCUT2D eigenvalue weighted by atomic mass is 9.83. The molecule has 1 amide bonds. The van der Waals surface area contributed by atoms with Gasteiger partial charge in [0.05, 0.1) is 0 Å². The van der Waals surface area contributed by atoms with Gasteiger partial charge in [-0.1, -0.05) is 18.5 Å². The number of piperidine rings is 1. The predicted molar refractivity (Wildman–Crippen MR) is 78.7 cm³/mol. The monoisotopic (exact) mass is 280 g/mol. The van der Waals surface area contributed by atoms with Gasteiger partial charge in [0.2, 0.25) is 0 Å². The predicted octanol–water partition coefficient (Wildman–Crippen LogP) is 2.77. The van der Waals surface area contributed by atoms with Crippen molar-refractivity contribution in [3.63, 3.8) is 0 Å². The summed E-state index contributed by atoms with van der Waals surface area (Å²) in [5, 5.41) is 7.02. The lowest BCUT2D eigenvalue weighted by molar-refractivity contribution is 0.0924. The number of carbonyl (C=O) groups is 1. The van der Waals surface area contributed by atoms with Crippen LogP contribution in [0.5, 0.6) is 0 Å². The quantitative estimate of drug-likeness (QED) is 0.894. The van der Waals surface area contributed by atoms with Crippen LogP contribution in [0.15, 0.2) is 18.2 Å². The van der Waals surface area contributed by atoms with Crippen LogP contribution in [0.4, 0.5) is 0 Å². The zero-order valence-electron chi connectivity index (χ0n) is 11.6. The van der Waals surface area contributed by atoms with Crippen LogP contribution >= 0.6 is 11.6 Å². The van der Waals surface area contributed by atoms with E-state index >= 15 is 0 Å². The van der Waals surface area contributed by atoms with Crippen molar-refractivity contribution in [1.82, 2.24) is 10.6 Å². The van der Waals surface area contributed by atoms with Crippen LogP contribution in [0.2, 0.25) is 5.02 Å². The van der Waals surface area contributed by atoms with E-state index in [1.54, 1.807) is 6.07 Å². The maximum Gasteiger partial charge on any atom is 0.251 e. The molecule has 1 aromatic rings. The standard InChI is InChI=1S/C15H21ClN2O/c1-11-6-12(8-13(16)7-11)14(19)18-10-15(2)4-3-5-17-9-15/h6-8,17H,3-5,9-10H2,1-2H3,(H,18,19). The Bertz CT molecular complexity index is 447. The van der Waals surface area contributed by atoms with Crippen molar-refractivity contribution in [3.8, 4) is 0 Å². The van der Waals surface area contributed by atoms with Crippen molar-refractivity contribution in [2.45, 2.75) is 26.7 Å². The van der Waals surface area contributed by atoms with Crippen LogP contribution in [0.1, 0.15) is 35.7 Å². The highest BCUT2D eigenvalue weighted by molar-refractivity contribution is 6.31. The van der Waals surface area contributed by atoms with Crippen LogP contribution < -0.4 is 10.6 Å². The Balaban J connectivity index is 1.97. The summed E-state index contributed by atoms with van der Waals surface area (Å²) in [5.41, 5.74) is 1.79. The Morgan fingerprint density at radius 3 is 2.89 bits per heavy atom. The third kappa shape index (κ3) is 3.95. The highest BCUT2D eigenvalue weighted by atomic mass is 35.5. The number of hydrogen-bond acceptors (Lipinski definition) is 2. The topological polar surface area (TPSA) is 41.1 Å². The zero-order chi connectivity index (χ0) is 13.9. The third-order valence-electron chi connectivity index (χ3n) is 3.67. The molecule has 1 aliphatic heterocycles. The summed E-state index contributed by atoms with van der Waals surface area (Å²) in [4.78, 5) is 12.1. The molecule has 3 nitrogen and oxygen atoms in total. The average molecular weight is 281 g/mol. The largest absolute Gasteiger partial charge is 0.351 e. The highest BCUT2D eigenvalue weighted by Gasteiger charge is 2.27. The fraction of sp³-hybridized carbons (Fsp3) is 0.533. The third-order valence-corrected chi connectivity index (χ3v) is 3.88. The molecule has 1 unspecified atom stereocenters. The molecule has 0 aliphatic carbocycles. The lowest BCUT2D eigenvalue weighted by Crippen LogP contribution is -2.45. The molecule has 1 aliphatic rings.